The van der Waals surface area contributed by atoms with Crippen molar-refractivity contribution < 1.29 is 38.1 Å². The SMILES string of the molecule is CCC(=O)CCOCC(COCCC(=O)C(C)C)(COCCC(=O)C(C)C)N(C)C(=O)CC(C)OCC(C)(C)N(C)C(C)C. The van der Waals surface area contributed by atoms with Gasteiger partial charge in [-0.05, 0) is 41.7 Å². The fourth-order valence-corrected chi connectivity index (χ4v) is 4.34. The van der Waals surface area contributed by atoms with Crippen molar-refractivity contribution in [2.24, 2.45) is 11.8 Å². The summed E-state index contributed by atoms with van der Waals surface area (Å²) in [5.41, 5.74) is -1.27. The highest BCUT2D eigenvalue weighted by Crippen LogP contribution is 2.22. The van der Waals surface area contributed by atoms with Gasteiger partial charge >= 0.3 is 0 Å². The number of hydrogen-bond donors (Lipinski definition) is 0. The van der Waals surface area contributed by atoms with Crippen LogP contribution >= 0.6 is 0 Å². The zero-order valence-electron chi connectivity index (χ0n) is 30.0. The van der Waals surface area contributed by atoms with Gasteiger partial charge in [-0.2, -0.15) is 0 Å². The number of carbonyl (C=O) groups excluding carboxylic acids is 4. The molecule has 0 saturated heterocycles. The monoisotopic (exact) mass is 628 g/mol. The summed E-state index contributed by atoms with van der Waals surface area (Å²) in [7, 11) is 3.75. The smallest absolute Gasteiger partial charge is 0.225 e. The first kappa shape index (κ1) is 42.3. The molecule has 0 fully saturated rings. The van der Waals surface area contributed by atoms with Crippen molar-refractivity contribution in [2.75, 3.05) is 60.3 Å². The second-order valence-corrected chi connectivity index (χ2v) is 13.6. The molecular weight excluding hydrogens is 564 g/mol. The van der Waals surface area contributed by atoms with Gasteiger partial charge in [0.05, 0.1) is 58.8 Å². The van der Waals surface area contributed by atoms with Crippen molar-refractivity contribution in [1.82, 2.24) is 9.80 Å². The maximum Gasteiger partial charge on any atom is 0.225 e. The molecule has 0 saturated carbocycles. The highest BCUT2D eigenvalue weighted by Gasteiger charge is 2.40. The Morgan fingerprint density at radius 2 is 1.11 bits per heavy atom. The minimum atomic E-state index is -1.05. The van der Waals surface area contributed by atoms with Gasteiger partial charge in [0.1, 0.15) is 22.9 Å². The molecule has 0 aliphatic rings. The third kappa shape index (κ3) is 16.0. The zero-order chi connectivity index (χ0) is 34.1. The molecule has 258 valence electrons. The van der Waals surface area contributed by atoms with Crippen LogP contribution in [0.15, 0.2) is 0 Å². The van der Waals surface area contributed by atoms with Crippen LogP contribution in [0.25, 0.3) is 0 Å². The standard InChI is InChI=1S/C34H64N2O8/c1-13-29(37)14-17-41-22-34(23-42-18-15-30(38)25(2)3,24-43-19-16-31(39)26(4)5)36(12)32(40)20-28(8)44-21-33(9,10)35(11)27(6)7/h25-28H,13-24H2,1-12H3. The average molecular weight is 629 g/mol. The van der Waals surface area contributed by atoms with E-state index >= 15 is 0 Å². The van der Waals surface area contributed by atoms with E-state index in [0.717, 1.165) is 0 Å². The number of Topliss-reactive ketones (excluding diaryl/α,β-unsaturated/α-hetero) is 3. The van der Waals surface area contributed by atoms with Crippen LogP contribution in [0.2, 0.25) is 0 Å². The highest BCUT2D eigenvalue weighted by atomic mass is 16.5. The lowest BCUT2D eigenvalue weighted by molar-refractivity contribution is -0.153. The van der Waals surface area contributed by atoms with Crippen LogP contribution in [-0.2, 0) is 38.1 Å². The van der Waals surface area contributed by atoms with Gasteiger partial charge in [0.2, 0.25) is 5.91 Å². The summed E-state index contributed by atoms with van der Waals surface area (Å²) in [6.45, 7) is 20.8. The number of hydrogen-bond acceptors (Lipinski definition) is 9. The summed E-state index contributed by atoms with van der Waals surface area (Å²) in [6, 6.07) is 0.344. The lowest BCUT2D eigenvalue weighted by Gasteiger charge is -2.42. The van der Waals surface area contributed by atoms with Crippen molar-refractivity contribution in [3.8, 4) is 0 Å². The second-order valence-electron chi connectivity index (χ2n) is 13.6. The number of rotatable bonds is 26. The molecule has 0 rings (SSSR count). The molecule has 0 aromatic rings. The zero-order valence-corrected chi connectivity index (χ0v) is 30.0. The summed E-state index contributed by atoms with van der Waals surface area (Å²) in [5.74, 6) is -0.0978. The number of ether oxygens (including phenoxy) is 4. The van der Waals surface area contributed by atoms with Gasteiger partial charge in [-0.15, -0.1) is 0 Å². The minimum Gasteiger partial charge on any atom is -0.378 e. The summed E-state index contributed by atoms with van der Waals surface area (Å²) in [5, 5.41) is 0. The molecular formula is C34H64N2O8. The van der Waals surface area contributed by atoms with Gasteiger partial charge in [-0.25, -0.2) is 0 Å². The van der Waals surface area contributed by atoms with Crippen molar-refractivity contribution >= 4 is 23.3 Å². The average Bonchev–Trinajstić information content (AvgIpc) is 2.96. The normalized spacial score (nSPS) is 13.3. The molecule has 0 bridgehead atoms. The third-order valence-corrected chi connectivity index (χ3v) is 8.30. The quantitative estimate of drug-likeness (QED) is 0.125. The van der Waals surface area contributed by atoms with Crippen LogP contribution in [0.3, 0.4) is 0 Å². The molecule has 0 heterocycles. The third-order valence-electron chi connectivity index (χ3n) is 8.30. The van der Waals surface area contributed by atoms with Gasteiger partial charge < -0.3 is 23.8 Å². The van der Waals surface area contributed by atoms with Gasteiger partial charge in [0.25, 0.3) is 0 Å². The number of nitrogens with zero attached hydrogens (tertiary/aromatic N) is 2. The van der Waals surface area contributed by atoms with Crippen LogP contribution in [0.4, 0.5) is 0 Å². The molecule has 10 nitrogen and oxygen atoms in total. The molecule has 0 spiro atoms. The minimum absolute atomic E-state index is 0.0575. The molecule has 0 aliphatic carbocycles. The Kier molecular flexibility index (Phi) is 20.3. The maximum atomic E-state index is 13.7. The molecule has 0 aromatic carbocycles. The Labute approximate surface area is 267 Å². The Balaban J connectivity index is 5.86. The lowest BCUT2D eigenvalue weighted by Crippen LogP contribution is -2.59. The predicted molar refractivity (Wildman–Crippen MR) is 174 cm³/mol. The lowest BCUT2D eigenvalue weighted by atomic mass is 9.99. The topological polar surface area (TPSA) is 112 Å². The fourth-order valence-electron chi connectivity index (χ4n) is 4.34. The van der Waals surface area contributed by atoms with E-state index in [1.165, 1.54) is 0 Å². The number of likely N-dealkylation sites (N-methyl/N-ethyl adjacent to an activating group) is 2. The van der Waals surface area contributed by atoms with E-state index in [0.29, 0.717) is 19.1 Å². The Morgan fingerprint density at radius 1 is 0.682 bits per heavy atom. The van der Waals surface area contributed by atoms with Crippen molar-refractivity contribution in [3.05, 3.63) is 0 Å². The van der Waals surface area contributed by atoms with Gasteiger partial charge in [-0.3, -0.25) is 24.1 Å². The van der Waals surface area contributed by atoms with Crippen molar-refractivity contribution in [3.63, 3.8) is 0 Å². The van der Waals surface area contributed by atoms with Gasteiger partial charge in [0.15, 0.2) is 0 Å². The molecule has 0 aliphatic heterocycles. The molecule has 1 atom stereocenters. The maximum absolute atomic E-state index is 13.7. The highest BCUT2D eigenvalue weighted by molar-refractivity contribution is 5.80. The molecule has 0 aromatic heterocycles. The molecule has 0 radical (unpaired) electrons. The largest absolute Gasteiger partial charge is 0.378 e. The molecule has 44 heavy (non-hydrogen) atoms. The van der Waals surface area contributed by atoms with Crippen LogP contribution in [0, 0.1) is 11.8 Å². The van der Waals surface area contributed by atoms with Gasteiger partial charge in [-0.1, -0.05) is 34.6 Å². The Morgan fingerprint density at radius 3 is 1.50 bits per heavy atom. The summed E-state index contributed by atoms with van der Waals surface area (Å²) < 4.78 is 24.1. The van der Waals surface area contributed by atoms with E-state index in [4.69, 9.17) is 18.9 Å². The second kappa shape index (κ2) is 21.1. The first-order chi connectivity index (χ1) is 20.4. The number of carbonyl (C=O) groups is 4. The first-order valence-electron chi connectivity index (χ1n) is 16.3. The molecule has 10 heteroatoms. The van der Waals surface area contributed by atoms with Crippen LogP contribution < -0.4 is 0 Å². The van der Waals surface area contributed by atoms with E-state index in [1.807, 2.05) is 41.5 Å². The summed E-state index contributed by atoms with van der Waals surface area (Å²) in [4.78, 5) is 53.8. The van der Waals surface area contributed by atoms with Crippen LogP contribution in [0.1, 0.15) is 101 Å². The Bertz CT molecular complexity index is 843. The van der Waals surface area contributed by atoms with E-state index in [2.05, 4.69) is 39.6 Å². The van der Waals surface area contributed by atoms with Gasteiger partial charge in [0, 0.05) is 56.1 Å². The van der Waals surface area contributed by atoms with Crippen LogP contribution in [0.5, 0.6) is 0 Å². The van der Waals surface area contributed by atoms with E-state index in [9.17, 15) is 19.2 Å². The van der Waals surface area contributed by atoms with E-state index in [1.54, 1.807) is 11.9 Å². The fraction of sp³-hybridized carbons (Fsp3) is 0.882. The number of amides is 1. The summed E-state index contributed by atoms with van der Waals surface area (Å²) >= 11 is 0. The first-order valence-corrected chi connectivity index (χ1v) is 16.3. The molecule has 1 unspecified atom stereocenters. The van der Waals surface area contributed by atoms with Crippen molar-refractivity contribution in [1.29, 1.82) is 0 Å². The predicted octanol–water partition coefficient (Wildman–Crippen LogP) is 4.75. The summed E-state index contributed by atoms with van der Waals surface area (Å²) in [6.07, 6.45) is 0.988. The Hall–Kier alpha value is -1.72. The molecule has 0 N–H and O–H groups in total. The number of ketones is 3. The van der Waals surface area contributed by atoms with E-state index in [-0.39, 0.29) is 112 Å². The van der Waals surface area contributed by atoms with Crippen LogP contribution in [-0.4, -0.2) is 117 Å². The molecule has 1 amide bonds. The van der Waals surface area contributed by atoms with Crippen molar-refractivity contribution in [2.45, 2.75) is 125 Å². The van der Waals surface area contributed by atoms with E-state index < -0.39 is 5.54 Å².